The standard InChI is InChI=1S/C19H24N2O2/c1-2-21(16-17-10-5-3-6-11-17)19(22)20-14-9-15-23-18-12-7-4-8-13-18/h3-8,10-13H,2,9,14-16H2,1H3,(H,20,22). The minimum absolute atomic E-state index is 0.0314. The van der Waals surface area contributed by atoms with Gasteiger partial charge in [-0.15, -0.1) is 0 Å². The van der Waals surface area contributed by atoms with Gasteiger partial charge in [0.25, 0.3) is 0 Å². The first-order valence-electron chi connectivity index (χ1n) is 8.04. The van der Waals surface area contributed by atoms with Crippen LogP contribution >= 0.6 is 0 Å². The van der Waals surface area contributed by atoms with Crippen molar-refractivity contribution in [2.45, 2.75) is 19.9 Å². The molecule has 2 amide bonds. The zero-order chi connectivity index (χ0) is 16.3. The molecule has 0 atom stereocenters. The molecule has 0 spiro atoms. The van der Waals surface area contributed by atoms with Crippen LogP contribution in [0.1, 0.15) is 18.9 Å². The summed E-state index contributed by atoms with van der Waals surface area (Å²) in [5.41, 5.74) is 1.14. The van der Waals surface area contributed by atoms with E-state index < -0.39 is 0 Å². The van der Waals surface area contributed by atoms with Gasteiger partial charge in [0.15, 0.2) is 0 Å². The molecule has 2 aromatic carbocycles. The van der Waals surface area contributed by atoms with Crippen LogP contribution in [0.5, 0.6) is 5.75 Å². The predicted molar refractivity (Wildman–Crippen MR) is 92.5 cm³/mol. The molecule has 0 aliphatic heterocycles. The first-order chi connectivity index (χ1) is 11.3. The van der Waals surface area contributed by atoms with Crippen molar-refractivity contribution >= 4 is 6.03 Å². The van der Waals surface area contributed by atoms with Crippen molar-refractivity contribution in [3.63, 3.8) is 0 Å². The first kappa shape index (κ1) is 16.9. The van der Waals surface area contributed by atoms with Gasteiger partial charge in [0, 0.05) is 19.6 Å². The summed E-state index contributed by atoms with van der Waals surface area (Å²) in [4.78, 5) is 14.0. The van der Waals surface area contributed by atoms with Gasteiger partial charge < -0.3 is 15.0 Å². The Hall–Kier alpha value is -2.49. The highest BCUT2D eigenvalue weighted by Gasteiger charge is 2.10. The minimum Gasteiger partial charge on any atom is -0.494 e. The molecule has 2 aromatic rings. The van der Waals surface area contributed by atoms with E-state index in [1.807, 2.05) is 67.6 Å². The van der Waals surface area contributed by atoms with E-state index in [1.165, 1.54) is 0 Å². The molecule has 0 heterocycles. The van der Waals surface area contributed by atoms with Gasteiger partial charge in [-0.1, -0.05) is 48.5 Å². The SMILES string of the molecule is CCN(Cc1ccccc1)C(=O)NCCCOc1ccccc1. The molecule has 0 radical (unpaired) electrons. The van der Waals surface area contributed by atoms with Crippen molar-refractivity contribution in [2.24, 2.45) is 0 Å². The predicted octanol–water partition coefficient (Wildman–Crippen LogP) is 3.69. The van der Waals surface area contributed by atoms with Gasteiger partial charge in [0.1, 0.15) is 5.75 Å². The van der Waals surface area contributed by atoms with Crippen molar-refractivity contribution in [3.05, 3.63) is 66.2 Å². The molecule has 0 saturated heterocycles. The summed E-state index contributed by atoms with van der Waals surface area (Å²) < 4.78 is 5.61. The summed E-state index contributed by atoms with van der Waals surface area (Å²) in [7, 11) is 0. The summed E-state index contributed by atoms with van der Waals surface area (Å²) >= 11 is 0. The van der Waals surface area contributed by atoms with E-state index in [-0.39, 0.29) is 6.03 Å². The molecule has 122 valence electrons. The van der Waals surface area contributed by atoms with Crippen LogP contribution in [-0.4, -0.2) is 30.6 Å². The molecule has 0 saturated carbocycles. The summed E-state index contributed by atoms with van der Waals surface area (Å²) in [6.07, 6.45) is 0.781. The van der Waals surface area contributed by atoms with Gasteiger partial charge in [-0.2, -0.15) is 0 Å². The van der Waals surface area contributed by atoms with Crippen molar-refractivity contribution in [3.8, 4) is 5.75 Å². The maximum atomic E-state index is 12.2. The molecule has 0 unspecified atom stereocenters. The Labute approximate surface area is 138 Å². The second-order valence-electron chi connectivity index (χ2n) is 5.25. The molecule has 0 aliphatic rings. The summed E-state index contributed by atoms with van der Waals surface area (Å²) in [5, 5.41) is 2.95. The van der Waals surface area contributed by atoms with Gasteiger partial charge in [-0.3, -0.25) is 0 Å². The largest absolute Gasteiger partial charge is 0.494 e. The number of nitrogens with zero attached hydrogens (tertiary/aromatic N) is 1. The smallest absolute Gasteiger partial charge is 0.317 e. The zero-order valence-corrected chi connectivity index (χ0v) is 13.6. The topological polar surface area (TPSA) is 41.6 Å². The molecule has 2 rings (SSSR count). The van der Waals surface area contributed by atoms with Crippen LogP contribution in [0.25, 0.3) is 0 Å². The lowest BCUT2D eigenvalue weighted by atomic mass is 10.2. The number of nitrogens with one attached hydrogen (secondary N) is 1. The van der Waals surface area contributed by atoms with Crippen LogP contribution in [0.15, 0.2) is 60.7 Å². The molecule has 23 heavy (non-hydrogen) atoms. The van der Waals surface area contributed by atoms with Crippen LogP contribution in [0.3, 0.4) is 0 Å². The van der Waals surface area contributed by atoms with E-state index in [9.17, 15) is 4.79 Å². The summed E-state index contributed by atoms with van der Waals surface area (Å²) in [6.45, 7) is 4.50. The van der Waals surface area contributed by atoms with E-state index >= 15 is 0 Å². The van der Waals surface area contributed by atoms with E-state index in [0.29, 0.717) is 26.2 Å². The molecule has 0 bridgehead atoms. The van der Waals surface area contributed by atoms with Gasteiger partial charge in [-0.25, -0.2) is 4.79 Å². The van der Waals surface area contributed by atoms with Gasteiger partial charge in [0.2, 0.25) is 0 Å². The molecule has 0 aliphatic carbocycles. The number of carbonyl (C=O) groups is 1. The second-order valence-corrected chi connectivity index (χ2v) is 5.25. The third-order valence-corrected chi connectivity index (χ3v) is 3.49. The number of hydrogen-bond donors (Lipinski definition) is 1. The fourth-order valence-corrected chi connectivity index (χ4v) is 2.22. The summed E-state index contributed by atoms with van der Waals surface area (Å²) in [5.74, 6) is 0.859. The molecule has 4 heteroatoms. The van der Waals surface area contributed by atoms with Crippen LogP contribution in [0.2, 0.25) is 0 Å². The fourth-order valence-electron chi connectivity index (χ4n) is 2.22. The van der Waals surface area contributed by atoms with Gasteiger partial charge in [0.05, 0.1) is 6.61 Å². The van der Waals surface area contributed by atoms with Crippen LogP contribution in [-0.2, 0) is 6.54 Å². The molecule has 0 fully saturated rings. The number of amides is 2. The van der Waals surface area contributed by atoms with Gasteiger partial charge >= 0.3 is 6.03 Å². The molecule has 4 nitrogen and oxygen atoms in total. The Kier molecular flexibility index (Phi) is 6.98. The Morgan fingerprint density at radius 1 is 1.04 bits per heavy atom. The molecule has 0 aromatic heterocycles. The minimum atomic E-state index is -0.0314. The maximum Gasteiger partial charge on any atom is 0.317 e. The van der Waals surface area contributed by atoms with Crippen molar-refractivity contribution in [1.29, 1.82) is 0 Å². The number of urea groups is 1. The first-order valence-corrected chi connectivity index (χ1v) is 8.04. The van der Waals surface area contributed by atoms with Crippen LogP contribution < -0.4 is 10.1 Å². The van der Waals surface area contributed by atoms with Crippen LogP contribution in [0, 0.1) is 0 Å². The van der Waals surface area contributed by atoms with Crippen molar-refractivity contribution in [2.75, 3.05) is 19.7 Å². The van der Waals surface area contributed by atoms with E-state index in [2.05, 4.69) is 5.32 Å². The van der Waals surface area contributed by atoms with Crippen molar-refractivity contribution < 1.29 is 9.53 Å². The average Bonchev–Trinajstić information content (AvgIpc) is 2.61. The lowest BCUT2D eigenvalue weighted by molar-refractivity contribution is 0.197. The van der Waals surface area contributed by atoms with E-state index in [4.69, 9.17) is 4.74 Å². The monoisotopic (exact) mass is 312 g/mol. The lowest BCUT2D eigenvalue weighted by Crippen LogP contribution is -2.40. The van der Waals surface area contributed by atoms with Gasteiger partial charge in [-0.05, 0) is 31.0 Å². The number of rotatable bonds is 8. The normalized spacial score (nSPS) is 10.1. The summed E-state index contributed by atoms with van der Waals surface area (Å²) in [6, 6.07) is 19.7. The van der Waals surface area contributed by atoms with Crippen LogP contribution in [0.4, 0.5) is 4.79 Å². The number of benzene rings is 2. The number of ether oxygens (including phenoxy) is 1. The lowest BCUT2D eigenvalue weighted by Gasteiger charge is -2.21. The van der Waals surface area contributed by atoms with Crippen molar-refractivity contribution in [1.82, 2.24) is 10.2 Å². The number of hydrogen-bond acceptors (Lipinski definition) is 2. The quantitative estimate of drug-likeness (QED) is 0.755. The Balaban J connectivity index is 1.66. The Morgan fingerprint density at radius 2 is 1.70 bits per heavy atom. The zero-order valence-electron chi connectivity index (χ0n) is 13.6. The highest BCUT2D eigenvalue weighted by molar-refractivity contribution is 5.74. The third kappa shape index (κ3) is 6.02. The number of carbonyl (C=O) groups excluding carboxylic acids is 1. The molecular weight excluding hydrogens is 288 g/mol. The van der Waals surface area contributed by atoms with E-state index in [0.717, 1.165) is 17.7 Å². The van der Waals surface area contributed by atoms with E-state index in [1.54, 1.807) is 4.90 Å². The third-order valence-electron chi connectivity index (χ3n) is 3.49. The highest BCUT2D eigenvalue weighted by Crippen LogP contribution is 2.08. The maximum absolute atomic E-state index is 12.2. The highest BCUT2D eigenvalue weighted by atomic mass is 16.5. The second kappa shape index (κ2) is 9.51. The molecule has 1 N–H and O–H groups in total. The Bertz CT molecular complexity index is 572. The molecular formula is C19H24N2O2. The average molecular weight is 312 g/mol. The Morgan fingerprint density at radius 3 is 2.35 bits per heavy atom. The fraction of sp³-hybridized carbons (Fsp3) is 0.316. The number of para-hydroxylation sites is 1.